The van der Waals surface area contributed by atoms with E-state index in [1.807, 2.05) is 0 Å². The molecule has 0 N–H and O–H groups in total. The Hall–Kier alpha value is -9.24. The lowest BCUT2D eigenvalue weighted by Crippen LogP contribution is -2.10. The Morgan fingerprint density at radius 3 is 0.829 bits per heavy atom. The summed E-state index contributed by atoms with van der Waals surface area (Å²) in [5.74, 6) is 0. The van der Waals surface area contributed by atoms with Crippen LogP contribution in [0, 0.1) is 0 Å². The van der Waals surface area contributed by atoms with E-state index < -0.39 is 0 Å². The number of fused-ring (bicyclic) bond motifs is 14. The number of para-hydroxylation sites is 4. The van der Waals surface area contributed by atoms with E-state index in [9.17, 15) is 0 Å². The van der Waals surface area contributed by atoms with E-state index in [1.54, 1.807) is 0 Å². The van der Waals surface area contributed by atoms with Gasteiger partial charge >= 0.3 is 0 Å². The Morgan fingerprint density at radius 1 is 0.200 bits per heavy atom. The molecule has 15 rings (SSSR count). The van der Waals surface area contributed by atoms with Crippen LogP contribution in [-0.2, 0) is 0 Å². The van der Waals surface area contributed by atoms with Gasteiger partial charge in [0.25, 0.3) is 0 Å². The Kier molecular flexibility index (Phi) is 8.39. The van der Waals surface area contributed by atoms with Crippen LogP contribution < -0.4 is 9.80 Å². The monoisotopic (exact) mass is 886 g/mol. The van der Waals surface area contributed by atoms with Gasteiger partial charge in [-0.3, -0.25) is 0 Å². The zero-order valence-corrected chi connectivity index (χ0v) is 38.1. The number of hydrogen-bond acceptors (Lipinski definition) is 2. The predicted molar refractivity (Wildman–Crippen MR) is 295 cm³/mol. The minimum Gasteiger partial charge on any atom is -0.309 e. The number of hydrogen-bond donors (Lipinski definition) is 0. The fourth-order valence-corrected chi connectivity index (χ4v) is 12.2. The van der Waals surface area contributed by atoms with Crippen LogP contribution in [0.2, 0.25) is 0 Å². The molecule has 0 amide bonds. The van der Waals surface area contributed by atoms with Gasteiger partial charge in [-0.05, 0) is 137 Å². The van der Waals surface area contributed by atoms with E-state index in [1.165, 1.54) is 133 Å². The highest BCUT2D eigenvalue weighted by molar-refractivity contribution is 6.27. The maximum Gasteiger partial charge on any atom is 0.0540 e. The molecule has 12 aromatic rings. The smallest absolute Gasteiger partial charge is 0.0540 e. The third kappa shape index (κ3) is 5.56. The largest absolute Gasteiger partial charge is 0.309 e. The minimum absolute atomic E-state index is 1.12. The average Bonchev–Trinajstić information content (AvgIpc) is 3.62. The molecule has 0 saturated carbocycles. The first-order chi connectivity index (χ1) is 34.8. The molecule has 0 bridgehead atoms. The molecule has 324 valence electrons. The van der Waals surface area contributed by atoms with E-state index in [-0.39, 0.29) is 0 Å². The van der Waals surface area contributed by atoms with Crippen molar-refractivity contribution in [2.45, 2.75) is 0 Å². The van der Waals surface area contributed by atoms with Gasteiger partial charge in [-0.2, -0.15) is 0 Å². The summed E-state index contributed by atoms with van der Waals surface area (Å²) in [7, 11) is 0. The fourth-order valence-electron chi connectivity index (χ4n) is 12.2. The lowest BCUT2D eigenvalue weighted by atomic mass is 9.82. The van der Waals surface area contributed by atoms with E-state index in [2.05, 4.69) is 265 Å². The second kappa shape index (κ2) is 15.1. The van der Waals surface area contributed by atoms with Crippen LogP contribution in [0.25, 0.3) is 111 Å². The van der Waals surface area contributed by atoms with Gasteiger partial charge in [0, 0.05) is 33.6 Å². The molecule has 2 heteroatoms. The standard InChI is InChI=1S/C68H42N2/c1-2-20-49-48(19-1)52-23-7-11-31-60(52)69(61-32-12-8-24-53(49)61)46-39-35-44(36-40-46)65-56-27-5-6-28-57(56)66(68-59-30-16-18-43-17-15-29-58(64(43)59)67(65)68)45-37-41-47(42-38-45)70-62-33-13-9-25-54(62)50-21-3-4-22-51(50)55-26-10-14-34-63(55)70/h1-42H. The Balaban J connectivity index is 0.920. The van der Waals surface area contributed by atoms with Gasteiger partial charge in [0.15, 0.2) is 0 Å². The van der Waals surface area contributed by atoms with Crippen LogP contribution in [-0.4, -0.2) is 0 Å². The first-order valence-electron chi connectivity index (χ1n) is 24.3. The summed E-state index contributed by atoms with van der Waals surface area (Å²) in [6, 6.07) is 94.4. The molecule has 0 unspecified atom stereocenters. The second-order valence-electron chi connectivity index (χ2n) is 18.7. The summed E-state index contributed by atoms with van der Waals surface area (Å²) < 4.78 is 0. The quantitative estimate of drug-likeness (QED) is 0.174. The Morgan fingerprint density at radius 2 is 0.486 bits per heavy atom. The zero-order valence-electron chi connectivity index (χ0n) is 38.1. The Bertz CT molecular complexity index is 3730. The van der Waals surface area contributed by atoms with E-state index in [4.69, 9.17) is 0 Å². The summed E-state index contributed by atoms with van der Waals surface area (Å²) >= 11 is 0. The first-order valence-corrected chi connectivity index (χ1v) is 24.3. The average molecular weight is 887 g/mol. The van der Waals surface area contributed by atoms with Crippen LogP contribution in [0.1, 0.15) is 0 Å². The molecular weight excluding hydrogens is 845 g/mol. The first kappa shape index (κ1) is 38.8. The van der Waals surface area contributed by atoms with Crippen LogP contribution in [0.5, 0.6) is 0 Å². The lowest BCUT2D eigenvalue weighted by molar-refractivity contribution is 1.29. The summed E-state index contributed by atoms with van der Waals surface area (Å²) in [5, 5.41) is 5.07. The minimum atomic E-state index is 1.12. The van der Waals surface area contributed by atoms with Crippen molar-refractivity contribution in [3.8, 4) is 89.0 Å². The van der Waals surface area contributed by atoms with Gasteiger partial charge in [0.2, 0.25) is 0 Å². The maximum absolute atomic E-state index is 2.45. The third-order valence-corrected chi connectivity index (χ3v) is 15.1. The molecule has 0 atom stereocenters. The topological polar surface area (TPSA) is 6.48 Å². The van der Waals surface area contributed by atoms with E-state index in [0.29, 0.717) is 0 Å². The highest BCUT2D eigenvalue weighted by atomic mass is 15.2. The Labute approximate surface area is 407 Å². The summed E-state index contributed by atoms with van der Waals surface area (Å²) in [4.78, 5) is 4.89. The molecule has 2 heterocycles. The van der Waals surface area contributed by atoms with Crippen molar-refractivity contribution in [1.82, 2.24) is 0 Å². The fraction of sp³-hybridized carbons (Fsp3) is 0. The molecule has 0 fully saturated rings. The SMILES string of the molecule is c1ccc2c(c1)-c1ccccc1N(c1ccc(-c3c4c(c(-c5ccc(N6c7ccccc7-c7ccccc7-c7ccccc76)cc5)c5ccccc35)-c3cccc5cccc-4c35)cc1)c1ccccc1-2. The van der Waals surface area contributed by atoms with Crippen molar-refractivity contribution in [3.63, 3.8) is 0 Å². The third-order valence-electron chi connectivity index (χ3n) is 15.1. The van der Waals surface area contributed by atoms with Crippen LogP contribution in [0.4, 0.5) is 34.1 Å². The van der Waals surface area contributed by atoms with E-state index >= 15 is 0 Å². The van der Waals surface area contributed by atoms with Crippen molar-refractivity contribution >= 4 is 55.7 Å². The number of nitrogens with zero attached hydrogens (tertiary/aromatic N) is 2. The van der Waals surface area contributed by atoms with Crippen LogP contribution in [0.3, 0.4) is 0 Å². The molecule has 70 heavy (non-hydrogen) atoms. The van der Waals surface area contributed by atoms with Gasteiger partial charge in [-0.15, -0.1) is 0 Å². The summed E-state index contributed by atoms with van der Waals surface area (Å²) in [6.07, 6.45) is 0. The molecule has 1 aliphatic carbocycles. The van der Waals surface area contributed by atoms with Crippen molar-refractivity contribution in [2.75, 3.05) is 9.80 Å². The van der Waals surface area contributed by atoms with Gasteiger partial charge in [0.05, 0.1) is 22.7 Å². The molecule has 2 aliphatic heterocycles. The van der Waals surface area contributed by atoms with Crippen molar-refractivity contribution in [3.05, 3.63) is 255 Å². The van der Waals surface area contributed by atoms with E-state index in [0.717, 1.165) is 11.4 Å². The number of anilines is 6. The molecule has 12 aromatic carbocycles. The zero-order chi connectivity index (χ0) is 45.9. The normalized spacial score (nSPS) is 12.5. The van der Waals surface area contributed by atoms with Crippen molar-refractivity contribution in [2.24, 2.45) is 0 Å². The summed E-state index contributed by atoms with van der Waals surface area (Å²) in [6.45, 7) is 0. The van der Waals surface area contributed by atoms with Gasteiger partial charge in [-0.1, -0.05) is 206 Å². The van der Waals surface area contributed by atoms with Crippen LogP contribution >= 0.6 is 0 Å². The molecule has 0 aromatic heterocycles. The highest BCUT2D eigenvalue weighted by Crippen LogP contribution is 2.59. The number of rotatable bonds is 4. The lowest BCUT2D eigenvalue weighted by Gasteiger charge is -2.28. The second-order valence-corrected chi connectivity index (χ2v) is 18.7. The number of benzene rings is 12. The predicted octanol–water partition coefficient (Wildman–Crippen LogP) is 19.2. The van der Waals surface area contributed by atoms with Crippen molar-refractivity contribution < 1.29 is 0 Å². The molecule has 0 radical (unpaired) electrons. The highest BCUT2D eigenvalue weighted by Gasteiger charge is 2.32. The van der Waals surface area contributed by atoms with Gasteiger partial charge < -0.3 is 9.80 Å². The van der Waals surface area contributed by atoms with Crippen molar-refractivity contribution in [1.29, 1.82) is 0 Å². The summed E-state index contributed by atoms with van der Waals surface area (Å²) in [5.41, 5.74) is 26.9. The molecule has 3 aliphatic rings. The molecular formula is C68H42N2. The molecule has 2 nitrogen and oxygen atoms in total. The van der Waals surface area contributed by atoms with Gasteiger partial charge in [0.1, 0.15) is 0 Å². The molecule has 0 saturated heterocycles. The van der Waals surface area contributed by atoms with Crippen LogP contribution in [0.15, 0.2) is 255 Å². The molecule has 0 spiro atoms. The maximum atomic E-state index is 2.45. The van der Waals surface area contributed by atoms with Gasteiger partial charge in [-0.25, -0.2) is 0 Å².